The average Bonchev–Trinajstić information content (AvgIpc) is 3.31. The van der Waals surface area contributed by atoms with Gasteiger partial charge in [0.2, 0.25) is 10.0 Å². The van der Waals surface area contributed by atoms with E-state index in [1.54, 1.807) is 0 Å². The topological polar surface area (TPSA) is 105 Å². The van der Waals surface area contributed by atoms with Crippen molar-refractivity contribution < 1.29 is 23.1 Å². The first-order chi connectivity index (χ1) is 10.9. The smallest absolute Gasteiger partial charge is 0.337 e. The number of anilines is 1. The van der Waals surface area contributed by atoms with Gasteiger partial charge in [0, 0.05) is 31.5 Å². The first-order valence-electron chi connectivity index (χ1n) is 7.65. The second kappa shape index (κ2) is 7.76. The summed E-state index contributed by atoms with van der Waals surface area (Å²) in [6, 6.07) is 4.41. The van der Waals surface area contributed by atoms with Gasteiger partial charge in [0.25, 0.3) is 0 Å². The van der Waals surface area contributed by atoms with E-state index in [0.29, 0.717) is 25.3 Å². The third kappa shape index (κ3) is 5.19. The van der Waals surface area contributed by atoms with Crippen LogP contribution in [0.1, 0.15) is 36.5 Å². The number of hydrogen-bond donors (Lipinski definition) is 3. The van der Waals surface area contributed by atoms with Crippen molar-refractivity contribution in [1.29, 1.82) is 0 Å². The summed E-state index contributed by atoms with van der Waals surface area (Å²) in [6.45, 7) is 3.18. The molecule has 0 aliphatic heterocycles. The van der Waals surface area contributed by atoms with Crippen LogP contribution in [0.3, 0.4) is 0 Å². The van der Waals surface area contributed by atoms with Crippen molar-refractivity contribution in [3.05, 3.63) is 23.8 Å². The lowest BCUT2D eigenvalue weighted by atomic mass is 10.2. The monoisotopic (exact) mass is 342 g/mol. The van der Waals surface area contributed by atoms with Crippen molar-refractivity contribution in [3.63, 3.8) is 0 Å². The quantitative estimate of drug-likeness (QED) is 0.559. The summed E-state index contributed by atoms with van der Waals surface area (Å²) >= 11 is 0. The van der Waals surface area contributed by atoms with Gasteiger partial charge in [-0.2, -0.15) is 0 Å². The molecule has 0 unspecified atom stereocenters. The van der Waals surface area contributed by atoms with Crippen LogP contribution in [-0.2, 0) is 14.8 Å². The van der Waals surface area contributed by atoms with Crippen LogP contribution >= 0.6 is 0 Å². The number of carbonyl (C=O) groups is 1. The third-order valence-electron chi connectivity index (χ3n) is 3.43. The van der Waals surface area contributed by atoms with E-state index in [1.807, 2.05) is 6.92 Å². The van der Waals surface area contributed by atoms with E-state index in [2.05, 4.69) is 10.0 Å². The Morgan fingerprint density at radius 3 is 2.74 bits per heavy atom. The lowest BCUT2D eigenvalue weighted by Crippen LogP contribution is -2.26. The molecular weight excluding hydrogens is 320 g/mol. The zero-order valence-electron chi connectivity index (χ0n) is 13.0. The fourth-order valence-corrected chi connectivity index (χ4v) is 3.15. The normalized spacial score (nSPS) is 14.7. The van der Waals surface area contributed by atoms with Crippen LogP contribution < -0.4 is 10.0 Å². The van der Waals surface area contributed by atoms with Gasteiger partial charge in [-0.3, -0.25) is 0 Å². The third-order valence-corrected chi connectivity index (χ3v) is 4.89. The Hall–Kier alpha value is -1.64. The van der Waals surface area contributed by atoms with E-state index < -0.39 is 16.0 Å². The van der Waals surface area contributed by atoms with Crippen molar-refractivity contribution >= 4 is 21.7 Å². The lowest BCUT2D eigenvalue weighted by Gasteiger charge is -2.12. The van der Waals surface area contributed by atoms with Gasteiger partial charge >= 0.3 is 5.97 Å². The number of rotatable bonds is 10. The molecule has 3 N–H and O–H groups in total. The number of sulfonamides is 1. The Morgan fingerprint density at radius 2 is 2.13 bits per heavy atom. The summed E-state index contributed by atoms with van der Waals surface area (Å²) in [5, 5.41) is 12.4. The van der Waals surface area contributed by atoms with Gasteiger partial charge in [0.15, 0.2) is 0 Å². The standard InChI is InChI=1S/C15H22N2O5S/c1-2-22-9-3-8-16-23(20,21)12-6-7-14(17-11-4-5-11)13(10-12)15(18)19/h6-7,10-11,16-17H,2-5,8-9H2,1H3,(H,18,19). The Morgan fingerprint density at radius 1 is 1.39 bits per heavy atom. The molecule has 0 aromatic heterocycles. The molecule has 0 amide bonds. The molecule has 1 fully saturated rings. The molecule has 0 bridgehead atoms. The van der Waals surface area contributed by atoms with Crippen molar-refractivity contribution in [2.24, 2.45) is 0 Å². The van der Waals surface area contributed by atoms with Crippen LogP contribution in [0.25, 0.3) is 0 Å². The molecule has 2 rings (SSSR count). The zero-order chi connectivity index (χ0) is 16.9. The first-order valence-corrected chi connectivity index (χ1v) is 9.13. The predicted octanol–water partition coefficient (Wildman–Crippen LogP) is 1.66. The number of aromatic carboxylic acids is 1. The average molecular weight is 342 g/mol. The largest absolute Gasteiger partial charge is 0.478 e. The van der Waals surface area contributed by atoms with E-state index in [4.69, 9.17) is 4.74 Å². The summed E-state index contributed by atoms with van der Waals surface area (Å²) in [5.74, 6) is -1.15. The molecule has 0 heterocycles. The molecule has 8 heteroatoms. The summed E-state index contributed by atoms with van der Waals surface area (Å²) in [6.07, 6.45) is 2.56. The van der Waals surface area contributed by atoms with Crippen molar-refractivity contribution in [2.75, 3.05) is 25.1 Å². The van der Waals surface area contributed by atoms with E-state index in [0.717, 1.165) is 12.8 Å². The molecule has 1 aliphatic rings. The molecular formula is C15H22N2O5S. The van der Waals surface area contributed by atoms with E-state index in [1.165, 1.54) is 18.2 Å². The number of nitrogens with one attached hydrogen (secondary N) is 2. The minimum absolute atomic E-state index is 0.0332. The van der Waals surface area contributed by atoms with Crippen LogP contribution in [0.15, 0.2) is 23.1 Å². The Bertz CT molecular complexity index is 656. The van der Waals surface area contributed by atoms with Gasteiger partial charge in [0.05, 0.1) is 10.5 Å². The SMILES string of the molecule is CCOCCCNS(=O)(=O)c1ccc(NC2CC2)c(C(=O)O)c1. The van der Waals surface area contributed by atoms with Crippen molar-refractivity contribution in [3.8, 4) is 0 Å². The highest BCUT2D eigenvalue weighted by Gasteiger charge is 2.24. The molecule has 0 spiro atoms. The summed E-state index contributed by atoms with van der Waals surface area (Å²) in [7, 11) is -3.73. The number of benzene rings is 1. The second-order valence-electron chi connectivity index (χ2n) is 5.38. The lowest BCUT2D eigenvalue weighted by molar-refractivity contribution is 0.0697. The Kier molecular flexibility index (Phi) is 5.97. The maximum atomic E-state index is 12.2. The Balaban J connectivity index is 2.08. The fourth-order valence-electron chi connectivity index (χ4n) is 2.05. The number of ether oxygens (including phenoxy) is 1. The molecule has 128 valence electrons. The van der Waals surface area contributed by atoms with Crippen LogP contribution in [-0.4, -0.2) is 45.3 Å². The predicted molar refractivity (Wildman–Crippen MR) is 86.3 cm³/mol. The van der Waals surface area contributed by atoms with Gasteiger partial charge in [-0.05, 0) is 44.4 Å². The second-order valence-corrected chi connectivity index (χ2v) is 7.15. The molecule has 1 aliphatic carbocycles. The number of hydrogen-bond acceptors (Lipinski definition) is 5. The van der Waals surface area contributed by atoms with E-state index in [9.17, 15) is 18.3 Å². The highest BCUT2D eigenvalue weighted by molar-refractivity contribution is 7.89. The zero-order valence-corrected chi connectivity index (χ0v) is 13.9. The van der Waals surface area contributed by atoms with Gasteiger partial charge in [0.1, 0.15) is 0 Å². The number of carboxylic acid groups (broad SMARTS) is 1. The summed E-state index contributed by atoms with van der Waals surface area (Å²) in [4.78, 5) is 11.3. The minimum atomic E-state index is -3.73. The maximum absolute atomic E-state index is 12.2. The van der Waals surface area contributed by atoms with Gasteiger partial charge in [-0.15, -0.1) is 0 Å². The van der Waals surface area contributed by atoms with Gasteiger partial charge in [-0.1, -0.05) is 0 Å². The van der Waals surface area contributed by atoms with Crippen LogP contribution in [0.5, 0.6) is 0 Å². The molecule has 0 saturated heterocycles. The van der Waals surface area contributed by atoms with Crippen molar-refractivity contribution in [1.82, 2.24) is 4.72 Å². The van der Waals surface area contributed by atoms with Crippen LogP contribution in [0.2, 0.25) is 0 Å². The maximum Gasteiger partial charge on any atom is 0.337 e. The molecule has 0 radical (unpaired) electrons. The minimum Gasteiger partial charge on any atom is -0.478 e. The van der Waals surface area contributed by atoms with Gasteiger partial charge < -0.3 is 15.2 Å². The van der Waals surface area contributed by atoms with E-state index >= 15 is 0 Å². The summed E-state index contributed by atoms with van der Waals surface area (Å²) in [5.41, 5.74) is 0.421. The Labute approximate surface area is 136 Å². The van der Waals surface area contributed by atoms with Crippen LogP contribution in [0, 0.1) is 0 Å². The molecule has 7 nitrogen and oxygen atoms in total. The fraction of sp³-hybridized carbons (Fsp3) is 0.533. The van der Waals surface area contributed by atoms with Gasteiger partial charge in [-0.25, -0.2) is 17.9 Å². The molecule has 0 atom stereocenters. The highest BCUT2D eigenvalue weighted by atomic mass is 32.2. The summed E-state index contributed by atoms with van der Waals surface area (Å²) < 4.78 is 32.0. The molecule has 1 saturated carbocycles. The molecule has 23 heavy (non-hydrogen) atoms. The van der Waals surface area contributed by atoms with Crippen LogP contribution in [0.4, 0.5) is 5.69 Å². The molecule has 1 aromatic carbocycles. The number of carboxylic acids is 1. The highest BCUT2D eigenvalue weighted by Crippen LogP contribution is 2.28. The van der Waals surface area contributed by atoms with E-state index in [-0.39, 0.29) is 23.0 Å². The van der Waals surface area contributed by atoms with Crippen molar-refractivity contribution in [2.45, 2.75) is 37.1 Å². The molecule has 1 aromatic rings. The first kappa shape index (κ1) is 17.7.